The lowest BCUT2D eigenvalue weighted by Gasteiger charge is -2.19. The number of nitrogens with one attached hydrogen (secondary N) is 3. The smallest absolute Gasteiger partial charge is 0.247 e. The van der Waals surface area contributed by atoms with Crippen molar-refractivity contribution in [3.63, 3.8) is 0 Å². The minimum absolute atomic E-state index is 0.282. The van der Waals surface area contributed by atoms with Gasteiger partial charge in [-0.15, -0.1) is 0 Å². The summed E-state index contributed by atoms with van der Waals surface area (Å²) in [7, 11) is 3.14. The number of benzene rings is 2. The lowest BCUT2D eigenvalue weighted by molar-refractivity contribution is -0.111. The van der Waals surface area contributed by atoms with Gasteiger partial charge in [0.1, 0.15) is 29.5 Å². The number of carbonyl (C=O) groups is 1. The van der Waals surface area contributed by atoms with E-state index in [-0.39, 0.29) is 5.91 Å². The van der Waals surface area contributed by atoms with E-state index in [1.807, 2.05) is 12.1 Å². The molecular weight excluding hydrogens is 539 g/mol. The monoisotopic (exact) mass is 570 g/mol. The minimum atomic E-state index is -0.282. The molecule has 1 aromatic heterocycles. The number of anilines is 5. The van der Waals surface area contributed by atoms with Gasteiger partial charge in [0, 0.05) is 17.8 Å². The van der Waals surface area contributed by atoms with E-state index in [2.05, 4.69) is 37.4 Å². The van der Waals surface area contributed by atoms with Gasteiger partial charge < -0.3 is 30.3 Å². The molecule has 1 aliphatic heterocycles. The van der Waals surface area contributed by atoms with E-state index < -0.39 is 0 Å². The number of carbonyl (C=O) groups excluding carboxylic acids is 1. The van der Waals surface area contributed by atoms with Crippen molar-refractivity contribution in [1.29, 1.82) is 0 Å². The molecule has 0 aliphatic carbocycles. The molecule has 0 radical (unpaired) electrons. The van der Waals surface area contributed by atoms with Gasteiger partial charge in [-0.3, -0.25) is 4.79 Å². The van der Waals surface area contributed by atoms with Gasteiger partial charge in [0.25, 0.3) is 0 Å². The van der Waals surface area contributed by atoms with Crippen molar-refractivity contribution >= 4 is 57.8 Å². The Kier molecular flexibility index (Phi) is 9.86. The Hall–Kier alpha value is -3.53. The van der Waals surface area contributed by atoms with Gasteiger partial charge in [0.15, 0.2) is 0 Å². The zero-order chi connectivity index (χ0) is 27.8. The number of likely N-dealkylation sites (tertiary alicyclic amines) is 1. The third kappa shape index (κ3) is 7.53. The third-order valence-corrected chi connectivity index (χ3v) is 7.03. The van der Waals surface area contributed by atoms with Crippen LogP contribution < -0.4 is 25.4 Å². The highest BCUT2D eigenvalue weighted by Crippen LogP contribution is 2.37. The van der Waals surface area contributed by atoms with E-state index in [0.29, 0.717) is 50.2 Å². The number of aromatic nitrogens is 2. The molecule has 39 heavy (non-hydrogen) atoms. The van der Waals surface area contributed by atoms with Crippen LogP contribution in [0.3, 0.4) is 0 Å². The van der Waals surface area contributed by atoms with Crippen LogP contribution in [-0.4, -0.2) is 54.6 Å². The first kappa shape index (κ1) is 28.5. The Labute approximate surface area is 238 Å². The summed E-state index contributed by atoms with van der Waals surface area (Å²) in [6.07, 6.45) is 6.97. The number of hydrogen-bond donors (Lipinski definition) is 3. The maximum absolute atomic E-state index is 12.2. The highest BCUT2D eigenvalue weighted by atomic mass is 35.5. The fraction of sp³-hybridized carbons (Fsp3) is 0.321. The molecule has 4 rings (SSSR count). The molecule has 2 aromatic carbocycles. The molecule has 1 saturated heterocycles. The van der Waals surface area contributed by atoms with Gasteiger partial charge in [0.2, 0.25) is 5.91 Å². The second-order valence-electron chi connectivity index (χ2n) is 9.06. The summed E-state index contributed by atoms with van der Waals surface area (Å²) in [6.45, 7) is 6.91. The van der Waals surface area contributed by atoms with Crippen molar-refractivity contribution in [2.45, 2.75) is 25.7 Å². The quantitative estimate of drug-likeness (QED) is 0.214. The molecular formula is C28H32Cl2N6O3. The Morgan fingerprint density at radius 3 is 2.31 bits per heavy atom. The Morgan fingerprint density at radius 2 is 1.64 bits per heavy atom. The summed E-state index contributed by atoms with van der Waals surface area (Å²) in [5, 5.41) is 10.2. The van der Waals surface area contributed by atoms with Gasteiger partial charge in [-0.25, -0.2) is 9.97 Å². The summed E-state index contributed by atoms with van der Waals surface area (Å²) < 4.78 is 11.0. The molecule has 2 heterocycles. The summed E-state index contributed by atoms with van der Waals surface area (Å²) in [4.78, 5) is 23.3. The van der Waals surface area contributed by atoms with Crippen LogP contribution in [0.1, 0.15) is 24.8 Å². The molecule has 3 N–H and O–H groups in total. The molecule has 9 nitrogen and oxygen atoms in total. The number of hydrogen-bond acceptors (Lipinski definition) is 8. The van der Waals surface area contributed by atoms with Gasteiger partial charge >= 0.3 is 0 Å². The van der Waals surface area contributed by atoms with Crippen LogP contribution >= 0.6 is 23.2 Å². The SMILES string of the molecule is C=CC(=O)Nc1cc(Nc2cc(Nc3cc(OC)c(Cl)cc3Cl)ncn2)c(OC)cc1CCCN1CCCC1. The number of aryl methyl sites for hydroxylation is 1. The van der Waals surface area contributed by atoms with E-state index in [1.165, 1.54) is 32.4 Å². The largest absolute Gasteiger partial charge is 0.495 e. The van der Waals surface area contributed by atoms with Crippen LogP contribution in [0.5, 0.6) is 11.5 Å². The summed E-state index contributed by atoms with van der Waals surface area (Å²) >= 11 is 12.5. The van der Waals surface area contributed by atoms with Crippen molar-refractivity contribution in [3.05, 3.63) is 64.9 Å². The molecule has 1 fully saturated rings. The predicted molar refractivity (Wildman–Crippen MR) is 157 cm³/mol. The first-order valence-electron chi connectivity index (χ1n) is 12.7. The molecule has 206 valence electrons. The van der Waals surface area contributed by atoms with Gasteiger partial charge in [-0.1, -0.05) is 29.8 Å². The van der Waals surface area contributed by atoms with E-state index >= 15 is 0 Å². The zero-order valence-corrected chi connectivity index (χ0v) is 23.5. The number of rotatable bonds is 12. The first-order chi connectivity index (χ1) is 18.9. The van der Waals surface area contributed by atoms with Crippen LogP contribution in [0.2, 0.25) is 10.0 Å². The summed E-state index contributed by atoms with van der Waals surface area (Å²) in [6, 6.07) is 8.82. The number of halogens is 2. The highest BCUT2D eigenvalue weighted by Gasteiger charge is 2.16. The van der Waals surface area contributed by atoms with Crippen molar-refractivity contribution < 1.29 is 14.3 Å². The van der Waals surface area contributed by atoms with Crippen molar-refractivity contribution in [2.75, 3.05) is 49.8 Å². The standard InChI is InChI=1S/C28H32Cl2N6O3/c1-4-28(37)35-21-14-23(25(39-3)12-18(21)8-7-11-36-9-5-6-10-36)34-27-16-26(31-17-32-27)33-22-15-24(38-2)20(30)13-19(22)29/h4,12-17H,1,5-11H2,2-3H3,(H,35,37)(H2,31,32,33,34). The Bertz CT molecular complexity index is 1330. The maximum Gasteiger partial charge on any atom is 0.247 e. The van der Waals surface area contributed by atoms with Gasteiger partial charge in [-0.2, -0.15) is 0 Å². The average molecular weight is 572 g/mol. The fourth-order valence-corrected chi connectivity index (χ4v) is 4.95. The average Bonchev–Trinajstić information content (AvgIpc) is 3.45. The van der Waals surface area contributed by atoms with Crippen LogP contribution in [0.15, 0.2) is 49.3 Å². The van der Waals surface area contributed by atoms with Crippen LogP contribution in [0, 0.1) is 0 Å². The number of methoxy groups -OCH3 is 2. The Balaban J connectivity index is 1.56. The molecule has 0 atom stereocenters. The molecule has 0 saturated carbocycles. The topological polar surface area (TPSA) is 101 Å². The second kappa shape index (κ2) is 13.5. The Morgan fingerprint density at radius 1 is 0.949 bits per heavy atom. The molecule has 3 aromatic rings. The van der Waals surface area contributed by atoms with Crippen molar-refractivity contribution in [1.82, 2.24) is 14.9 Å². The van der Waals surface area contributed by atoms with Crippen LogP contribution in [-0.2, 0) is 11.2 Å². The number of amides is 1. The van der Waals surface area contributed by atoms with Gasteiger partial charge in [0.05, 0.1) is 35.6 Å². The lowest BCUT2D eigenvalue weighted by Crippen LogP contribution is -2.21. The summed E-state index contributed by atoms with van der Waals surface area (Å²) in [5.74, 6) is 1.83. The first-order valence-corrected chi connectivity index (χ1v) is 13.4. The maximum atomic E-state index is 12.2. The summed E-state index contributed by atoms with van der Waals surface area (Å²) in [5.41, 5.74) is 2.89. The van der Waals surface area contributed by atoms with Crippen molar-refractivity contribution in [3.8, 4) is 11.5 Å². The highest BCUT2D eigenvalue weighted by molar-refractivity contribution is 6.37. The van der Waals surface area contributed by atoms with Gasteiger partial charge in [-0.05, 0) is 75.2 Å². The normalized spacial score (nSPS) is 13.1. The second-order valence-corrected chi connectivity index (χ2v) is 9.87. The van der Waals surface area contributed by atoms with E-state index in [0.717, 1.165) is 38.0 Å². The fourth-order valence-electron chi connectivity index (χ4n) is 4.45. The third-order valence-electron chi connectivity index (χ3n) is 6.42. The molecule has 1 amide bonds. The van der Waals surface area contributed by atoms with Crippen molar-refractivity contribution in [2.24, 2.45) is 0 Å². The molecule has 0 bridgehead atoms. The lowest BCUT2D eigenvalue weighted by atomic mass is 10.0. The van der Waals surface area contributed by atoms with Crippen LogP contribution in [0.4, 0.5) is 28.7 Å². The molecule has 1 aliphatic rings. The van der Waals surface area contributed by atoms with E-state index in [9.17, 15) is 4.79 Å². The molecule has 11 heteroatoms. The van der Waals surface area contributed by atoms with Crippen LogP contribution in [0.25, 0.3) is 0 Å². The predicted octanol–water partition coefficient (Wildman–Crippen LogP) is 6.44. The van der Waals surface area contributed by atoms with E-state index in [4.69, 9.17) is 32.7 Å². The minimum Gasteiger partial charge on any atom is -0.495 e. The zero-order valence-electron chi connectivity index (χ0n) is 22.0. The molecule has 0 spiro atoms. The number of nitrogens with zero attached hydrogens (tertiary/aromatic N) is 3. The van der Waals surface area contributed by atoms with E-state index in [1.54, 1.807) is 25.3 Å². The number of ether oxygens (including phenoxy) is 2. The molecule has 0 unspecified atom stereocenters.